The number of hydrogen-bond acceptors (Lipinski definition) is 5. The Morgan fingerprint density at radius 3 is 1.84 bits per heavy atom. The Morgan fingerprint density at radius 1 is 0.756 bits per heavy atom. The number of aromatic nitrogens is 1. The van der Waals surface area contributed by atoms with Crippen molar-refractivity contribution in [2.24, 2.45) is 0 Å². The zero-order chi connectivity index (χ0) is 32.0. The fourth-order valence-corrected chi connectivity index (χ4v) is 7.92. The van der Waals surface area contributed by atoms with E-state index in [2.05, 4.69) is 0 Å². The van der Waals surface area contributed by atoms with E-state index in [1.165, 1.54) is 46.7 Å². The SMILES string of the molecule is CC(=O)N1CCN(C(=O)c2ccc3n(c2=O)[C@H](c2ccc(Cl)cc2)[C@H](c2ccc(Cl)cc2)N3S(=O)(=O)c2ccccc2F)CC1. The van der Waals surface area contributed by atoms with Crippen LogP contribution in [0, 0.1) is 5.82 Å². The minimum atomic E-state index is -4.62. The van der Waals surface area contributed by atoms with Crippen LogP contribution < -0.4 is 9.86 Å². The van der Waals surface area contributed by atoms with E-state index in [0.717, 1.165) is 10.4 Å². The summed E-state index contributed by atoms with van der Waals surface area (Å²) in [5, 5.41) is 0.840. The van der Waals surface area contributed by atoms with Crippen LogP contribution in [0.1, 0.15) is 40.5 Å². The van der Waals surface area contributed by atoms with Crippen molar-refractivity contribution in [3.63, 3.8) is 0 Å². The number of pyridine rings is 1. The molecule has 6 rings (SSSR count). The first kappa shape index (κ1) is 30.8. The van der Waals surface area contributed by atoms with Crippen molar-refractivity contribution in [2.45, 2.75) is 23.9 Å². The predicted octanol–water partition coefficient (Wildman–Crippen LogP) is 5.14. The lowest BCUT2D eigenvalue weighted by Gasteiger charge is -2.34. The summed E-state index contributed by atoms with van der Waals surface area (Å²) in [7, 11) is -4.62. The molecule has 4 aromatic rings. The highest BCUT2D eigenvalue weighted by Gasteiger charge is 2.48. The molecule has 9 nitrogen and oxygen atoms in total. The third kappa shape index (κ3) is 5.49. The molecule has 3 heterocycles. The predicted molar refractivity (Wildman–Crippen MR) is 169 cm³/mol. The van der Waals surface area contributed by atoms with Crippen molar-refractivity contribution >= 4 is 50.9 Å². The fourth-order valence-electron chi connectivity index (χ4n) is 5.96. The summed E-state index contributed by atoms with van der Waals surface area (Å²) in [6, 6.07) is 18.8. The smallest absolute Gasteiger partial charge is 0.269 e. The molecule has 13 heteroatoms. The molecule has 1 aromatic heterocycles. The van der Waals surface area contributed by atoms with Gasteiger partial charge < -0.3 is 9.80 Å². The number of halogens is 3. The van der Waals surface area contributed by atoms with Crippen molar-refractivity contribution in [3.8, 4) is 0 Å². The number of carbonyl (C=O) groups is 2. The van der Waals surface area contributed by atoms with E-state index in [9.17, 15) is 22.8 Å². The minimum Gasteiger partial charge on any atom is -0.339 e. The van der Waals surface area contributed by atoms with Crippen molar-refractivity contribution in [1.29, 1.82) is 0 Å². The number of amides is 2. The molecule has 2 atom stereocenters. The highest BCUT2D eigenvalue weighted by molar-refractivity contribution is 7.92. The quantitative estimate of drug-likeness (QED) is 0.293. The Balaban J connectivity index is 1.57. The van der Waals surface area contributed by atoms with Crippen molar-refractivity contribution in [2.75, 3.05) is 30.5 Å². The number of benzene rings is 3. The van der Waals surface area contributed by atoms with E-state index in [1.807, 2.05) is 0 Å². The second kappa shape index (κ2) is 12.0. The molecule has 0 bridgehead atoms. The van der Waals surface area contributed by atoms with Crippen LogP contribution in [0.2, 0.25) is 10.0 Å². The number of hydrogen-bond donors (Lipinski definition) is 0. The average Bonchev–Trinajstić information content (AvgIpc) is 3.39. The monoisotopic (exact) mass is 668 g/mol. The zero-order valence-electron chi connectivity index (χ0n) is 23.9. The van der Waals surface area contributed by atoms with Crippen LogP contribution >= 0.6 is 23.2 Å². The Morgan fingerprint density at radius 2 is 1.29 bits per heavy atom. The first-order valence-corrected chi connectivity index (χ1v) is 16.3. The van der Waals surface area contributed by atoms with Crippen LogP contribution in [-0.4, -0.2) is 60.8 Å². The molecule has 0 saturated carbocycles. The molecular formula is C32H27Cl2FN4O5S. The average molecular weight is 670 g/mol. The lowest BCUT2D eigenvalue weighted by Crippen LogP contribution is -2.51. The molecule has 0 N–H and O–H groups in total. The molecule has 1 saturated heterocycles. The molecule has 2 amide bonds. The van der Waals surface area contributed by atoms with E-state index in [1.54, 1.807) is 53.4 Å². The highest BCUT2D eigenvalue weighted by Crippen LogP contribution is 2.49. The number of rotatable bonds is 5. The van der Waals surface area contributed by atoms with Gasteiger partial charge in [0.25, 0.3) is 21.5 Å². The van der Waals surface area contributed by atoms with Gasteiger partial charge in [0.05, 0.1) is 12.1 Å². The maximum atomic E-state index is 15.1. The Bertz CT molecular complexity index is 1960. The minimum absolute atomic E-state index is 0.0406. The van der Waals surface area contributed by atoms with E-state index in [0.29, 0.717) is 34.3 Å². The van der Waals surface area contributed by atoms with E-state index < -0.39 is 44.3 Å². The van der Waals surface area contributed by atoms with Gasteiger partial charge in [-0.25, -0.2) is 17.1 Å². The van der Waals surface area contributed by atoms with Crippen molar-refractivity contribution in [3.05, 3.63) is 128 Å². The molecule has 45 heavy (non-hydrogen) atoms. The first-order valence-electron chi connectivity index (χ1n) is 14.1. The van der Waals surface area contributed by atoms with Crippen molar-refractivity contribution in [1.82, 2.24) is 14.4 Å². The molecule has 0 aliphatic carbocycles. The third-order valence-corrected chi connectivity index (χ3v) is 10.5. The summed E-state index contributed by atoms with van der Waals surface area (Å²) in [5.41, 5.74) is 0.148. The highest BCUT2D eigenvalue weighted by atomic mass is 35.5. The summed E-state index contributed by atoms with van der Waals surface area (Å²) in [6.07, 6.45) is 0. The number of fused-ring (bicyclic) bond motifs is 1. The van der Waals surface area contributed by atoms with Crippen LogP contribution in [-0.2, 0) is 14.8 Å². The van der Waals surface area contributed by atoms with Gasteiger partial charge in [0.15, 0.2) is 0 Å². The summed E-state index contributed by atoms with van der Waals surface area (Å²) >= 11 is 12.4. The molecular weight excluding hydrogens is 642 g/mol. The Kier molecular flexibility index (Phi) is 8.19. The topological polar surface area (TPSA) is 100 Å². The van der Waals surface area contributed by atoms with Gasteiger partial charge in [-0.1, -0.05) is 59.6 Å². The van der Waals surface area contributed by atoms with Crippen LogP contribution in [0.3, 0.4) is 0 Å². The number of sulfonamides is 1. The van der Waals surface area contributed by atoms with Gasteiger partial charge in [-0.05, 0) is 59.7 Å². The Hall–Kier alpha value is -4.19. The normalized spacial score (nSPS) is 18.2. The molecule has 2 aliphatic rings. The van der Waals surface area contributed by atoms with Crippen LogP contribution in [0.25, 0.3) is 0 Å². The standard InChI is InChI=1S/C32H27Cl2FN4O5S/c1-20(40)36-16-18-37(19-17-36)31(41)25-14-15-28-38(32(25)42)29(21-6-10-23(33)11-7-21)30(22-8-12-24(34)13-9-22)39(28)45(43,44)27-5-3-2-4-26(27)35/h2-15,29-30H,16-19H2,1H3/t29-,30+/m1/s1. The molecule has 2 aliphatic heterocycles. The van der Waals surface area contributed by atoms with Gasteiger partial charge in [-0.2, -0.15) is 0 Å². The largest absolute Gasteiger partial charge is 0.339 e. The fraction of sp³-hybridized carbons (Fsp3) is 0.219. The van der Waals surface area contributed by atoms with Gasteiger partial charge in [0, 0.05) is 43.1 Å². The van der Waals surface area contributed by atoms with Gasteiger partial charge in [-0.15, -0.1) is 0 Å². The Labute approximate surface area is 269 Å². The lowest BCUT2D eigenvalue weighted by atomic mass is 9.94. The van der Waals surface area contributed by atoms with Gasteiger partial charge in [0.2, 0.25) is 5.91 Å². The number of nitrogens with zero attached hydrogens (tertiary/aromatic N) is 4. The maximum Gasteiger partial charge on any atom is 0.269 e. The summed E-state index contributed by atoms with van der Waals surface area (Å²) in [6.45, 7) is 2.59. The number of anilines is 1. The lowest BCUT2D eigenvalue weighted by molar-refractivity contribution is -0.130. The molecule has 0 unspecified atom stereocenters. The number of piperazine rings is 1. The maximum absolute atomic E-state index is 15.1. The van der Waals surface area contributed by atoms with Crippen LogP contribution in [0.15, 0.2) is 94.6 Å². The van der Waals surface area contributed by atoms with Gasteiger partial charge in [0.1, 0.15) is 22.1 Å². The zero-order valence-corrected chi connectivity index (χ0v) is 26.3. The number of carbonyl (C=O) groups excluding carboxylic acids is 2. The van der Waals surface area contributed by atoms with E-state index in [-0.39, 0.29) is 30.4 Å². The van der Waals surface area contributed by atoms with E-state index in [4.69, 9.17) is 23.2 Å². The second-order valence-corrected chi connectivity index (χ2v) is 13.5. The van der Waals surface area contributed by atoms with Crippen molar-refractivity contribution < 1.29 is 22.4 Å². The van der Waals surface area contributed by atoms with Crippen LogP contribution in [0.5, 0.6) is 0 Å². The molecule has 0 radical (unpaired) electrons. The molecule has 3 aromatic carbocycles. The summed E-state index contributed by atoms with van der Waals surface area (Å²) in [4.78, 5) is 42.5. The molecule has 1 fully saturated rings. The van der Waals surface area contributed by atoms with Crippen LogP contribution in [0.4, 0.5) is 10.2 Å². The van der Waals surface area contributed by atoms with Gasteiger partial charge in [-0.3, -0.25) is 19.0 Å². The summed E-state index contributed by atoms with van der Waals surface area (Å²) in [5.74, 6) is -1.63. The third-order valence-electron chi connectivity index (χ3n) is 8.19. The van der Waals surface area contributed by atoms with Gasteiger partial charge >= 0.3 is 0 Å². The first-order chi connectivity index (χ1) is 21.5. The summed E-state index contributed by atoms with van der Waals surface area (Å²) < 4.78 is 46.2. The van der Waals surface area contributed by atoms with E-state index >= 15 is 4.39 Å². The second-order valence-electron chi connectivity index (χ2n) is 10.8. The molecule has 0 spiro atoms. The molecule has 232 valence electrons.